The third kappa shape index (κ3) is 4.17. The van der Waals surface area contributed by atoms with Crippen LogP contribution in [0.4, 0.5) is 5.69 Å². The molecule has 5 heteroatoms. The number of benzene rings is 1. The maximum atomic E-state index is 12.6. The molecule has 1 aromatic carbocycles. The van der Waals surface area contributed by atoms with E-state index >= 15 is 0 Å². The van der Waals surface area contributed by atoms with E-state index in [9.17, 15) is 4.79 Å². The Labute approximate surface area is 148 Å². The van der Waals surface area contributed by atoms with Crippen LogP contribution in [0.3, 0.4) is 0 Å². The van der Waals surface area contributed by atoms with Crippen LogP contribution in [0.5, 0.6) is 5.75 Å². The molecule has 2 unspecified atom stereocenters. The van der Waals surface area contributed by atoms with Crippen LogP contribution in [0.1, 0.15) is 28.8 Å². The van der Waals surface area contributed by atoms with Crippen molar-refractivity contribution in [2.45, 2.75) is 25.8 Å². The van der Waals surface area contributed by atoms with Crippen molar-refractivity contribution in [1.82, 2.24) is 9.88 Å². The van der Waals surface area contributed by atoms with Gasteiger partial charge < -0.3 is 10.1 Å². The van der Waals surface area contributed by atoms with Crippen molar-refractivity contribution in [2.75, 3.05) is 25.0 Å². The number of nitrogens with zero attached hydrogens (tertiary/aromatic N) is 2. The molecule has 1 aliphatic heterocycles. The first-order chi connectivity index (χ1) is 12.2. The van der Waals surface area contributed by atoms with E-state index in [1.807, 2.05) is 25.1 Å². The zero-order chi connectivity index (χ0) is 17.2. The quantitative estimate of drug-likeness (QED) is 0.789. The number of ether oxygens (including phenoxy) is 1. The largest absolute Gasteiger partial charge is 0.491 e. The molecular formula is C20H23N3O2. The topological polar surface area (TPSA) is 54.2 Å². The summed E-state index contributed by atoms with van der Waals surface area (Å²) in [4.78, 5) is 19.1. The molecule has 0 radical (unpaired) electrons. The molecule has 1 amide bonds. The summed E-state index contributed by atoms with van der Waals surface area (Å²) in [5, 5.41) is 2.90. The molecule has 4 rings (SSSR count). The predicted octanol–water partition coefficient (Wildman–Crippen LogP) is 3.12. The van der Waals surface area contributed by atoms with Crippen LogP contribution in [-0.2, 0) is 0 Å². The van der Waals surface area contributed by atoms with Crippen molar-refractivity contribution < 1.29 is 9.53 Å². The smallest absolute Gasteiger partial charge is 0.259 e. The lowest BCUT2D eigenvalue weighted by Crippen LogP contribution is -2.17. The highest BCUT2D eigenvalue weighted by Gasteiger charge is 2.38. The molecule has 2 fully saturated rings. The van der Waals surface area contributed by atoms with Gasteiger partial charge in [0.15, 0.2) is 0 Å². The van der Waals surface area contributed by atoms with Crippen molar-refractivity contribution in [3.8, 4) is 5.75 Å². The molecule has 130 valence electrons. The fourth-order valence-electron chi connectivity index (χ4n) is 3.00. The van der Waals surface area contributed by atoms with Gasteiger partial charge in [-0.3, -0.25) is 14.7 Å². The first kappa shape index (κ1) is 16.1. The maximum absolute atomic E-state index is 12.6. The number of carbonyl (C=O) groups is 1. The zero-order valence-corrected chi connectivity index (χ0v) is 14.4. The number of amides is 1. The third-order valence-electron chi connectivity index (χ3n) is 4.77. The number of anilines is 1. The molecular weight excluding hydrogens is 314 g/mol. The first-order valence-corrected chi connectivity index (χ1v) is 8.88. The summed E-state index contributed by atoms with van der Waals surface area (Å²) in [6.45, 7) is 4.94. The van der Waals surface area contributed by atoms with Crippen molar-refractivity contribution >= 4 is 11.6 Å². The Hall–Kier alpha value is -2.40. The molecule has 2 aromatic rings. The van der Waals surface area contributed by atoms with Crippen LogP contribution in [0, 0.1) is 12.8 Å². The van der Waals surface area contributed by atoms with Gasteiger partial charge in [0.25, 0.3) is 5.91 Å². The number of pyridine rings is 1. The Bertz CT molecular complexity index is 759. The first-order valence-electron chi connectivity index (χ1n) is 8.88. The fourth-order valence-corrected chi connectivity index (χ4v) is 3.00. The number of hydrogen-bond donors (Lipinski definition) is 1. The van der Waals surface area contributed by atoms with E-state index in [2.05, 4.69) is 15.2 Å². The minimum atomic E-state index is -0.157. The molecule has 1 saturated heterocycles. The van der Waals surface area contributed by atoms with Gasteiger partial charge in [0.05, 0.1) is 11.6 Å². The van der Waals surface area contributed by atoms with Gasteiger partial charge in [-0.15, -0.1) is 0 Å². The molecule has 2 aliphatic rings. The Morgan fingerprint density at radius 3 is 2.84 bits per heavy atom. The second kappa shape index (κ2) is 6.84. The number of hydrogen-bond acceptors (Lipinski definition) is 4. The molecule has 25 heavy (non-hydrogen) atoms. The molecule has 0 bridgehead atoms. The normalized spacial score (nSPS) is 21.6. The summed E-state index contributed by atoms with van der Waals surface area (Å²) in [5.41, 5.74) is 2.34. The average Bonchev–Trinajstić information content (AvgIpc) is 3.54. The minimum Gasteiger partial charge on any atom is -0.491 e. The van der Waals surface area contributed by atoms with Crippen molar-refractivity contribution in [3.63, 3.8) is 0 Å². The summed E-state index contributed by atoms with van der Waals surface area (Å²) < 4.78 is 5.99. The van der Waals surface area contributed by atoms with Crippen LogP contribution in [-0.4, -0.2) is 41.5 Å². The lowest BCUT2D eigenvalue weighted by molar-refractivity contribution is 0.102. The van der Waals surface area contributed by atoms with Crippen molar-refractivity contribution in [2.24, 2.45) is 5.92 Å². The van der Waals surface area contributed by atoms with Gasteiger partial charge in [-0.25, -0.2) is 0 Å². The number of aryl methyl sites for hydroxylation is 1. The van der Waals surface area contributed by atoms with Gasteiger partial charge in [-0.1, -0.05) is 11.6 Å². The summed E-state index contributed by atoms with van der Waals surface area (Å²) >= 11 is 0. The standard InChI is InChI=1S/C20H23N3O2/c1-14-2-5-19(25-13-17-12-23(17)11-15-3-4-15)18(10-14)20(24)22-16-6-8-21-9-7-16/h2,5-10,15,17H,3-4,11-13H2,1H3,(H,21,22,24). The summed E-state index contributed by atoms with van der Waals surface area (Å²) in [5.74, 6) is 1.40. The average molecular weight is 337 g/mol. The molecule has 5 nitrogen and oxygen atoms in total. The highest BCUT2D eigenvalue weighted by molar-refractivity contribution is 6.06. The van der Waals surface area contributed by atoms with Crippen LogP contribution in [0.25, 0.3) is 0 Å². The minimum absolute atomic E-state index is 0.157. The Morgan fingerprint density at radius 1 is 1.28 bits per heavy atom. The second-order valence-electron chi connectivity index (χ2n) is 7.05. The third-order valence-corrected chi connectivity index (χ3v) is 4.77. The predicted molar refractivity (Wildman–Crippen MR) is 96.9 cm³/mol. The summed E-state index contributed by atoms with van der Waals surface area (Å²) in [6, 6.07) is 9.79. The second-order valence-corrected chi connectivity index (χ2v) is 7.05. The molecule has 1 N–H and O–H groups in total. The van der Waals surface area contributed by atoms with Crippen LogP contribution in [0.15, 0.2) is 42.7 Å². The SMILES string of the molecule is Cc1ccc(OCC2CN2CC2CC2)c(C(=O)Nc2ccncc2)c1. The fraction of sp³-hybridized carbons (Fsp3) is 0.400. The van der Waals surface area contributed by atoms with Gasteiger partial charge in [0, 0.05) is 31.2 Å². The van der Waals surface area contributed by atoms with E-state index in [0.29, 0.717) is 24.0 Å². The van der Waals surface area contributed by atoms with E-state index < -0.39 is 0 Å². The van der Waals surface area contributed by atoms with Crippen LogP contribution < -0.4 is 10.1 Å². The molecule has 1 saturated carbocycles. The van der Waals surface area contributed by atoms with Gasteiger partial charge in [-0.05, 0) is 49.9 Å². The monoisotopic (exact) mass is 337 g/mol. The van der Waals surface area contributed by atoms with Gasteiger partial charge in [-0.2, -0.15) is 0 Å². The lowest BCUT2D eigenvalue weighted by Gasteiger charge is -2.13. The van der Waals surface area contributed by atoms with Crippen LogP contribution >= 0.6 is 0 Å². The zero-order valence-electron chi connectivity index (χ0n) is 14.4. The van der Waals surface area contributed by atoms with E-state index in [1.54, 1.807) is 24.5 Å². The Morgan fingerprint density at radius 2 is 2.08 bits per heavy atom. The van der Waals surface area contributed by atoms with Crippen LogP contribution in [0.2, 0.25) is 0 Å². The van der Waals surface area contributed by atoms with Gasteiger partial charge in [0.2, 0.25) is 0 Å². The van der Waals surface area contributed by atoms with E-state index in [0.717, 1.165) is 23.7 Å². The summed E-state index contributed by atoms with van der Waals surface area (Å²) in [6.07, 6.45) is 6.07. The summed E-state index contributed by atoms with van der Waals surface area (Å²) in [7, 11) is 0. The molecule has 0 spiro atoms. The highest BCUT2D eigenvalue weighted by Crippen LogP contribution is 2.34. The maximum Gasteiger partial charge on any atom is 0.259 e. The van der Waals surface area contributed by atoms with E-state index in [1.165, 1.54) is 19.4 Å². The van der Waals surface area contributed by atoms with E-state index in [4.69, 9.17) is 4.74 Å². The number of aromatic nitrogens is 1. The Kier molecular flexibility index (Phi) is 4.40. The van der Waals surface area contributed by atoms with E-state index in [-0.39, 0.29) is 5.91 Å². The van der Waals surface area contributed by atoms with Gasteiger partial charge in [0.1, 0.15) is 12.4 Å². The molecule has 2 atom stereocenters. The number of carbonyl (C=O) groups excluding carboxylic acids is 1. The number of rotatable bonds is 7. The molecule has 1 aliphatic carbocycles. The molecule has 1 aromatic heterocycles. The number of nitrogens with one attached hydrogen (secondary N) is 1. The molecule has 2 heterocycles. The lowest BCUT2D eigenvalue weighted by atomic mass is 10.1. The van der Waals surface area contributed by atoms with Gasteiger partial charge >= 0.3 is 0 Å². The van der Waals surface area contributed by atoms with Crippen molar-refractivity contribution in [1.29, 1.82) is 0 Å². The van der Waals surface area contributed by atoms with Crippen molar-refractivity contribution in [3.05, 3.63) is 53.9 Å². The highest BCUT2D eigenvalue weighted by atomic mass is 16.5. The Balaban J connectivity index is 1.40.